The van der Waals surface area contributed by atoms with E-state index in [9.17, 15) is 8.42 Å². The van der Waals surface area contributed by atoms with Gasteiger partial charge in [0.05, 0.1) is 4.90 Å². The summed E-state index contributed by atoms with van der Waals surface area (Å²) < 4.78 is 22.6. The Kier molecular flexibility index (Phi) is 4.90. The summed E-state index contributed by atoms with van der Waals surface area (Å²) in [6, 6.07) is 6.91. The summed E-state index contributed by atoms with van der Waals surface area (Å²) in [5.74, 6) is 0. The fourth-order valence-electron chi connectivity index (χ4n) is 1.47. The van der Waals surface area contributed by atoms with Crippen LogP contribution in [0.4, 0.5) is 0 Å². The van der Waals surface area contributed by atoms with E-state index in [0.29, 0.717) is 11.4 Å². The van der Waals surface area contributed by atoms with Crippen molar-refractivity contribution >= 4 is 9.84 Å². The fraction of sp³-hybridized carbons (Fsp3) is 0.538. The zero-order chi connectivity index (χ0) is 13.8. The molecule has 3 N–H and O–H groups in total. The van der Waals surface area contributed by atoms with Gasteiger partial charge in [0.1, 0.15) is 0 Å². The predicted octanol–water partition coefficient (Wildman–Crippen LogP) is 1.31. The van der Waals surface area contributed by atoms with E-state index in [0.717, 1.165) is 18.5 Å². The second-order valence-corrected chi connectivity index (χ2v) is 7.04. The minimum atomic E-state index is -3.11. The molecular weight excluding hydrogens is 248 g/mol. The average molecular weight is 270 g/mol. The van der Waals surface area contributed by atoms with Crippen molar-refractivity contribution in [2.75, 3.05) is 12.8 Å². The summed E-state index contributed by atoms with van der Waals surface area (Å²) in [5.41, 5.74) is 6.87. The third-order valence-corrected chi connectivity index (χ3v) is 4.15. The van der Waals surface area contributed by atoms with Gasteiger partial charge in [0.2, 0.25) is 0 Å². The summed E-state index contributed by atoms with van der Waals surface area (Å²) in [7, 11) is -3.11. The maximum absolute atomic E-state index is 11.3. The van der Waals surface area contributed by atoms with Crippen molar-refractivity contribution in [3.05, 3.63) is 29.8 Å². The number of sulfone groups is 1. The summed E-state index contributed by atoms with van der Waals surface area (Å²) in [6.45, 7) is 5.49. The highest BCUT2D eigenvalue weighted by atomic mass is 32.2. The first-order chi connectivity index (χ1) is 8.24. The van der Waals surface area contributed by atoms with Crippen molar-refractivity contribution in [2.45, 2.75) is 37.2 Å². The van der Waals surface area contributed by atoms with Crippen molar-refractivity contribution in [1.82, 2.24) is 5.32 Å². The van der Waals surface area contributed by atoms with E-state index < -0.39 is 9.84 Å². The number of nitrogens with two attached hydrogens (primary N) is 1. The van der Waals surface area contributed by atoms with Crippen LogP contribution in [0, 0.1) is 0 Å². The molecule has 0 spiro atoms. The van der Waals surface area contributed by atoms with E-state index in [1.54, 1.807) is 12.1 Å². The molecule has 0 bridgehead atoms. The van der Waals surface area contributed by atoms with Crippen molar-refractivity contribution in [1.29, 1.82) is 0 Å². The van der Waals surface area contributed by atoms with Crippen molar-refractivity contribution < 1.29 is 8.42 Å². The Morgan fingerprint density at radius 1 is 1.28 bits per heavy atom. The maximum atomic E-state index is 11.3. The Morgan fingerprint density at radius 2 is 1.83 bits per heavy atom. The standard InChI is InChI=1S/C13H22N2O2S/c1-4-13(2,14)10-15-9-11-5-7-12(8-6-11)18(3,16)17/h5-8,15H,4,9-10,14H2,1-3H3. The molecule has 1 aromatic carbocycles. The van der Waals surface area contributed by atoms with Gasteiger partial charge < -0.3 is 11.1 Å². The fourth-order valence-corrected chi connectivity index (χ4v) is 2.10. The van der Waals surface area contributed by atoms with Gasteiger partial charge in [0.15, 0.2) is 9.84 Å². The predicted molar refractivity (Wildman–Crippen MR) is 74.1 cm³/mol. The van der Waals surface area contributed by atoms with Crippen LogP contribution in [-0.4, -0.2) is 26.8 Å². The zero-order valence-electron chi connectivity index (χ0n) is 11.2. The van der Waals surface area contributed by atoms with Crippen LogP contribution < -0.4 is 11.1 Å². The number of hydrogen-bond acceptors (Lipinski definition) is 4. The molecule has 1 aromatic rings. The molecule has 0 saturated heterocycles. The molecule has 102 valence electrons. The topological polar surface area (TPSA) is 72.2 Å². The lowest BCUT2D eigenvalue weighted by Gasteiger charge is -2.23. The van der Waals surface area contributed by atoms with Gasteiger partial charge in [-0.1, -0.05) is 19.1 Å². The van der Waals surface area contributed by atoms with Crippen LogP contribution >= 0.6 is 0 Å². The lowest BCUT2D eigenvalue weighted by molar-refractivity contribution is 0.416. The maximum Gasteiger partial charge on any atom is 0.175 e. The van der Waals surface area contributed by atoms with E-state index in [-0.39, 0.29) is 5.54 Å². The molecule has 0 fully saturated rings. The number of rotatable bonds is 6. The molecule has 0 aromatic heterocycles. The molecule has 0 radical (unpaired) electrons. The minimum Gasteiger partial charge on any atom is -0.324 e. The molecule has 1 unspecified atom stereocenters. The highest BCUT2D eigenvalue weighted by Crippen LogP contribution is 2.10. The van der Waals surface area contributed by atoms with E-state index in [4.69, 9.17) is 5.73 Å². The van der Waals surface area contributed by atoms with E-state index in [1.165, 1.54) is 6.26 Å². The van der Waals surface area contributed by atoms with Gasteiger partial charge in [-0.2, -0.15) is 0 Å². The molecular formula is C13H22N2O2S. The quantitative estimate of drug-likeness (QED) is 0.817. The molecule has 0 saturated carbocycles. The highest BCUT2D eigenvalue weighted by Gasteiger charge is 2.14. The molecule has 0 aliphatic rings. The molecule has 0 heterocycles. The first kappa shape index (κ1) is 15.1. The van der Waals surface area contributed by atoms with Crippen LogP contribution in [0.15, 0.2) is 29.2 Å². The first-order valence-electron chi connectivity index (χ1n) is 6.03. The zero-order valence-corrected chi connectivity index (χ0v) is 12.0. The minimum absolute atomic E-state index is 0.202. The second-order valence-electron chi connectivity index (χ2n) is 5.03. The summed E-state index contributed by atoms with van der Waals surface area (Å²) in [4.78, 5) is 0.350. The van der Waals surface area contributed by atoms with Crippen LogP contribution in [0.1, 0.15) is 25.8 Å². The summed E-state index contributed by atoms with van der Waals surface area (Å²) in [6.07, 6.45) is 2.12. The molecule has 18 heavy (non-hydrogen) atoms. The molecule has 1 rings (SSSR count). The second kappa shape index (κ2) is 5.82. The lowest BCUT2D eigenvalue weighted by atomic mass is 10.0. The molecule has 0 amide bonds. The Hall–Kier alpha value is -0.910. The Bertz CT molecular complexity index is 478. The van der Waals surface area contributed by atoms with Crippen LogP contribution in [0.3, 0.4) is 0 Å². The van der Waals surface area contributed by atoms with Gasteiger partial charge in [-0.25, -0.2) is 8.42 Å². The Morgan fingerprint density at radius 3 is 2.28 bits per heavy atom. The average Bonchev–Trinajstić information content (AvgIpc) is 2.28. The van der Waals surface area contributed by atoms with E-state index in [2.05, 4.69) is 12.2 Å². The molecule has 1 atom stereocenters. The molecule has 0 aliphatic heterocycles. The third-order valence-electron chi connectivity index (χ3n) is 3.02. The van der Waals surface area contributed by atoms with Crippen LogP contribution in [-0.2, 0) is 16.4 Å². The smallest absolute Gasteiger partial charge is 0.175 e. The van der Waals surface area contributed by atoms with Crippen LogP contribution in [0.5, 0.6) is 0 Å². The normalized spacial score (nSPS) is 15.3. The molecule has 0 aliphatic carbocycles. The summed E-state index contributed by atoms with van der Waals surface area (Å²) >= 11 is 0. The van der Waals surface area contributed by atoms with Gasteiger partial charge in [-0.3, -0.25) is 0 Å². The highest BCUT2D eigenvalue weighted by molar-refractivity contribution is 7.90. The lowest BCUT2D eigenvalue weighted by Crippen LogP contribution is -2.45. The Balaban J connectivity index is 2.55. The van der Waals surface area contributed by atoms with E-state index in [1.807, 2.05) is 19.1 Å². The number of benzene rings is 1. The van der Waals surface area contributed by atoms with Crippen LogP contribution in [0.2, 0.25) is 0 Å². The van der Waals surface area contributed by atoms with Gasteiger partial charge in [0.25, 0.3) is 0 Å². The van der Waals surface area contributed by atoms with Gasteiger partial charge in [-0.05, 0) is 31.0 Å². The van der Waals surface area contributed by atoms with E-state index >= 15 is 0 Å². The SMILES string of the molecule is CCC(C)(N)CNCc1ccc(S(C)(=O)=O)cc1. The van der Waals surface area contributed by atoms with Crippen molar-refractivity contribution in [3.63, 3.8) is 0 Å². The van der Waals surface area contributed by atoms with Crippen molar-refractivity contribution in [3.8, 4) is 0 Å². The monoisotopic (exact) mass is 270 g/mol. The van der Waals surface area contributed by atoms with Gasteiger partial charge in [0, 0.05) is 24.9 Å². The number of nitrogens with one attached hydrogen (secondary N) is 1. The largest absolute Gasteiger partial charge is 0.324 e. The third kappa shape index (κ3) is 4.76. The number of hydrogen-bond donors (Lipinski definition) is 2. The first-order valence-corrected chi connectivity index (χ1v) is 7.92. The summed E-state index contributed by atoms with van der Waals surface area (Å²) in [5, 5.41) is 3.28. The molecule has 4 nitrogen and oxygen atoms in total. The van der Waals surface area contributed by atoms with Gasteiger partial charge >= 0.3 is 0 Å². The van der Waals surface area contributed by atoms with Crippen LogP contribution in [0.25, 0.3) is 0 Å². The van der Waals surface area contributed by atoms with Gasteiger partial charge in [-0.15, -0.1) is 0 Å². The molecule has 5 heteroatoms. The van der Waals surface area contributed by atoms with Crippen molar-refractivity contribution in [2.24, 2.45) is 5.73 Å². The Labute approximate surface area is 110 Å².